The van der Waals surface area contributed by atoms with Crippen LogP contribution in [0.5, 0.6) is 0 Å². The Morgan fingerprint density at radius 1 is 1.67 bits per heavy atom. The van der Waals surface area contributed by atoms with Gasteiger partial charge in [0.1, 0.15) is 0 Å². The first-order valence-electron chi connectivity index (χ1n) is 3.90. The molecule has 1 aliphatic heterocycles. The molecule has 3 N–H and O–H groups in total. The summed E-state index contributed by atoms with van der Waals surface area (Å²) >= 11 is 0. The highest BCUT2D eigenvalue weighted by molar-refractivity contribution is 7.14. The second-order valence-corrected chi connectivity index (χ2v) is 4.12. The van der Waals surface area contributed by atoms with Crippen molar-refractivity contribution in [2.45, 2.75) is 25.9 Å². The average Bonchev–Trinajstić information content (AvgIpc) is 2.37. The molecule has 4 nitrogen and oxygen atoms in total. The van der Waals surface area contributed by atoms with E-state index in [1.807, 2.05) is 0 Å². The number of nitrogens with zero attached hydrogens (tertiary/aromatic N) is 2. The monoisotopic (exact) mass is 184 g/mol. The van der Waals surface area contributed by atoms with Crippen LogP contribution >= 0.6 is 9.39 Å². The molecule has 2 rings (SSSR count). The molecule has 5 heteroatoms. The molecule has 1 aromatic heterocycles. The highest BCUT2D eigenvalue weighted by Gasteiger charge is 2.34. The third-order valence-electron chi connectivity index (χ3n) is 2.34. The Kier molecular flexibility index (Phi) is 1.48. The van der Waals surface area contributed by atoms with Crippen LogP contribution in [0.2, 0.25) is 0 Å². The van der Waals surface area contributed by atoms with Crippen LogP contribution in [-0.4, -0.2) is 9.55 Å². The topological polar surface area (TPSA) is 55.9 Å². The largest absolute Gasteiger partial charge is 0.382 e. The number of aromatic nitrogens is 2. The highest BCUT2D eigenvalue weighted by atomic mass is 31.0. The van der Waals surface area contributed by atoms with Crippen LogP contribution in [0.25, 0.3) is 0 Å². The van der Waals surface area contributed by atoms with Gasteiger partial charge in [0.25, 0.3) is 0 Å². The second-order valence-electron chi connectivity index (χ2n) is 3.64. The molecule has 0 aromatic carbocycles. The van der Waals surface area contributed by atoms with Crippen molar-refractivity contribution in [2.24, 2.45) is 0 Å². The van der Waals surface area contributed by atoms with Crippen molar-refractivity contribution >= 4 is 15.2 Å². The minimum atomic E-state index is -0.0122. The SMILES string of the molecule is CC1(C)NCc2c(N)nn(P)c21. The minimum absolute atomic E-state index is 0.0122. The first kappa shape index (κ1) is 8.02. The summed E-state index contributed by atoms with van der Waals surface area (Å²) in [5.74, 6) is 0.637. The predicted molar refractivity (Wildman–Crippen MR) is 51.6 cm³/mol. The molecule has 1 atom stereocenters. The lowest BCUT2D eigenvalue weighted by Crippen LogP contribution is -2.30. The van der Waals surface area contributed by atoms with Crippen LogP contribution in [0.4, 0.5) is 5.82 Å². The number of nitrogen functional groups attached to an aromatic ring is 1. The Hall–Kier alpha value is -0.600. The van der Waals surface area contributed by atoms with Gasteiger partial charge in [-0.1, -0.05) is 0 Å². The number of fused-ring (bicyclic) bond motifs is 1. The smallest absolute Gasteiger partial charge is 0.150 e. The fourth-order valence-electron chi connectivity index (χ4n) is 1.72. The van der Waals surface area contributed by atoms with Crippen molar-refractivity contribution in [3.8, 4) is 0 Å². The normalized spacial score (nSPS) is 19.6. The zero-order valence-corrected chi connectivity index (χ0v) is 8.41. The summed E-state index contributed by atoms with van der Waals surface area (Å²) in [6.07, 6.45) is 0. The molecule has 1 unspecified atom stereocenters. The zero-order chi connectivity index (χ0) is 8.93. The molecule has 0 saturated heterocycles. The number of hydrogen-bond acceptors (Lipinski definition) is 3. The molecule has 1 aromatic rings. The predicted octanol–water partition coefficient (Wildman–Crippen LogP) is 0.442. The van der Waals surface area contributed by atoms with Crippen molar-refractivity contribution in [3.05, 3.63) is 11.3 Å². The molecular formula is C7H13N4P. The van der Waals surface area contributed by atoms with Gasteiger partial charge in [-0.05, 0) is 23.2 Å². The molecule has 0 radical (unpaired) electrons. The number of hydrogen-bond donors (Lipinski definition) is 2. The molecule has 0 spiro atoms. The first-order chi connectivity index (χ1) is 5.52. The Balaban J connectivity index is 2.65. The Bertz CT molecular complexity index is 328. The van der Waals surface area contributed by atoms with E-state index in [4.69, 9.17) is 5.73 Å². The second kappa shape index (κ2) is 2.21. The van der Waals surface area contributed by atoms with Crippen LogP contribution < -0.4 is 11.1 Å². The van der Waals surface area contributed by atoms with E-state index >= 15 is 0 Å². The van der Waals surface area contributed by atoms with Crippen molar-refractivity contribution < 1.29 is 0 Å². The van der Waals surface area contributed by atoms with Gasteiger partial charge in [-0.2, -0.15) is 5.10 Å². The van der Waals surface area contributed by atoms with Crippen LogP contribution in [-0.2, 0) is 12.1 Å². The van der Waals surface area contributed by atoms with Crippen LogP contribution in [0, 0.1) is 0 Å². The summed E-state index contributed by atoms with van der Waals surface area (Å²) in [5, 5.41) is 7.51. The highest BCUT2D eigenvalue weighted by Crippen LogP contribution is 2.34. The summed E-state index contributed by atoms with van der Waals surface area (Å²) in [6.45, 7) is 5.07. The standard InChI is InChI=1S/C7H13N4P/c1-7(2)5-4(3-9-7)6(8)10-11(5)12/h9H,3,12H2,1-2H3,(H2,8,10). The van der Waals surface area contributed by atoms with Gasteiger partial charge in [-0.15, -0.1) is 0 Å². The Morgan fingerprint density at radius 2 is 2.33 bits per heavy atom. The first-order valence-corrected chi connectivity index (χ1v) is 4.42. The van der Waals surface area contributed by atoms with E-state index in [0.29, 0.717) is 5.82 Å². The maximum Gasteiger partial charge on any atom is 0.150 e. The van der Waals surface area contributed by atoms with E-state index in [-0.39, 0.29) is 5.54 Å². The van der Waals surface area contributed by atoms with Crippen LogP contribution in [0.3, 0.4) is 0 Å². The van der Waals surface area contributed by atoms with E-state index in [1.165, 1.54) is 5.69 Å². The van der Waals surface area contributed by atoms with Crippen molar-refractivity contribution in [1.82, 2.24) is 14.9 Å². The Labute approximate surface area is 73.8 Å². The van der Waals surface area contributed by atoms with Gasteiger partial charge in [-0.25, -0.2) is 0 Å². The molecule has 0 fully saturated rings. The van der Waals surface area contributed by atoms with E-state index in [0.717, 1.165) is 12.1 Å². The zero-order valence-electron chi connectivity index (χ0n) is 7.26. The maximum atomic E-state index is 5.73. The van der Waals surface area contributed by atoms with Gasteiger partial charge < -0.3 is 11.1 Å². The summed E-state index contributed by atoms with van der Waals surface area (Å²) in [7, 11) is 2.55. The third-order valence-corrected chi connectivity index (χ3v) is 2.71. The van der Waals surface area contributed by atoms with E-state index in [9.17, 15) is 0 Å². The molecule has 2 heterocycles. The van der Waals surface area contributed by atoms with Crippen molar-refractivity contribution in [3.63, 3.8) is 0 Å². The van der Waals surface area contributed by atoms with Gasteiger partial charge >= 0.3 is 0 Å². The number of anilines is 1. The van der Waals surface area contributed by atoms with Crippen LogP contribution in [0.1, 0.15) is 25.1 Å². The van der Waals surface area contributed by atoms with Crippen molar-refractivity contribution in [1.29, 1.82) is 0 Å². The van der Waals surface area contributed by atoms with E-state index in [2.05, 4.69) is 33.7 Å². The molecular weight excluding hydrogens is 171 g/mol. The number of nitrogens with two attached hydrogens (primary N) is 1. The van der Waals surface area contributed by atoms with Gasteiger partial charge in [0, 0.05) is 12.1 Å². The summed E-state index contributed by atoms with van der Waals surface area (Å²) in [5.41, 5.74) is 8.02. The molecule has 0 bridgehead atoms. The number of rotatable bonds is 0. The summed E-state index contributed by atoms with van der Waals surface area (Å²) < 4.78 is 1.78. The lowest BCUT2D eigenvalue weighted by atomic mass is 10.0. The van der Waals surface area contributed by atoms with Gasteiger partial charge in [-0.3, -0.25) is 4.45 Å². The molecule has 0 aliphatic carbocycles. The minimum Gasteiger partial charge on any atom is -0.382 e. The molecule has 66 valence electrons. The van der Waals surface area contributed by atoms with Gasteiger partial charge in [0.05, 0.1) is 11.2 Å². The molecule has 0 saturated carbocycles. The van der Waals surface area contributed by atoms with E-state index in [1.54, 1.807) is 4.45 Å². The fourth-order valence-corrected chi connectivity index (χ4v) is 2.32. The number of nitrogens with one attached hydrogen (secondary N) is 1. The van der Waals surface area contributed by atoms with Gasteiger partial charge in [0.15, 0.2) is 5.82 Å². The quantitative estimate of drug-likeness (QED) is 0.575. The summed E-state index contributed by atoms with van der Waals surface area (Å²) in [6, 6.07) is 0. The summed E-state index contributed by atoms with van der Waals surface area (Å²) in [4.78, 5) is 0. The maximum absolute atomic E-state index is 5.73. The fraction of sp³-hybridized carbons (Fsp3) is 0.571. The lowest BCUT2D eigenvalue weighted by Gasteiger charge is -2.19. The molecule has 12 heavy (non-hydrogen) atoms. The van der Waals surface area contributed by atoms with E-state index < -0.39 is 0 Å². The lowest BCUT2D eigenvalue weighted by molar-refractivity contribution is 0.425. The molecule has 1 aliphatic rings. The van der Waals surface area contributed by atoms with Crippen molar-refractivity contribution in [2.75, 3.05) is 5.73 Å². The Morgan fingerprint density at radius 3 is 2.92 bits per heavy atom. The average molecular weight is 184 g/mol. The van der Waals surface area contributed by atoms with Crippen LogP contribution in [0.15, 0.2) is 0 Å². The third kappa shape index (κ3) is 0.883. The van der Waals surface area contributed by atoms with Gasteiger partial charge in [0.2, 0.25) is 0 Å². The molecule has 0 amide bonds.